The summed E-state index contributed by atoms with van der Waals surface area (Å²) in [6, 6.07) is 0. The van der Waals surface area contributed by atoms with Crippen molar-refractivity contribution >= 4 is 20.2 Å². The lowest BCUT2D eigenvalue weighted by atomic mass is 10.0. The quantitative estimate of drug-likeness (QED) is 0.521. The predicted octanol–water partition coefficient (Wildman–Crippen LogP) is -0.0210. The second-order valence-electron chi connectivity index (χ2n) is 7.26. The summed E-state index contributed by atoms with van der Waals surface area (Å²) in [6.07, 6.45) is -1.90. The molecule has 0 aromatic carbocycles. The predicted molar refractivity (Wildman–Crippen MR) is 89.2 cm³/mol. The van der Waals surface area contributed by atoms with Gasteiger partial charge in [0.15, 0.2) is 11.6 Å². The van der Waals surface area contributed by atoms with Crippen LogP contribution in [0.25, 0.3) is 0 Å². The van der Waals surface area contributed by atoms with E-state index in [1.165, 1.54) is 0 Å². The van der Waals surface area contributed by atoms with Crippen LogP contribution < -0.4 is 0 Å². The molecule has 12 heteroatoms. The van der Waals surface area contributed by atoms with Gasteiger partial charge in [-0.25, -0.2) is 0 Å². The fraction of sp³-hybridized carbons (Fsp3) is 1.00. The van der Waals surface area contributed by atoms with Gasteiger partial charge in [-0.2, -0.15) is 16.8 Å². The monoisotopic (exact) mass is 418 g/mol. The summed E-state index contributed by atoms with van der Waals surface area (Å²) >= 11 is 0. The molecule has 26 heavy (non-hydrogen) atoms. The molecule has 0 spiro atoms. The molecule has 2 rings (SSSR count). The Balaban J connectivity index is 2.27. The highest BCUT2D eigenvalue weighted by atomic mass is 32.2. The van der Waals surface area contributed by atoms with Gasteiger partial charge in [0.25, 0.3) is 20.2 Å². The maximum Gasteiger partial charge on any atom is 0.264 e. The van der Waals surface area contributed by atoms with E-state index in [0.717, 1.165) is 12.5 Å². The average molecular weight is 418 g/mol. The second kappa shape index (κ2) is 7.24. The van der Waals surface area contributed by atoms with E-state index < -0.39 is 56.2 Å². The van der Waals surface area contributed by atoms with Gasteiger partial charge in [-0.05, 0) is 27.7 Å². The maximum atomic E-state index is 11.8. The SMILES string of the molecule is CC1(C)OC[C@@H]([C@H](OS(C)(=O)=O)[C@H]2OC(C)(C)O[C@H]2COS(C)(=O)=O)O1. The Morgan fingerprint density at radius 3 is 2.04 bits per heavy atom. The molecule has 2 heterocycles. The Morgan fingerprint density at radius 1 is 0.962 bits per heavy atom. The molecule has 0 saturated carbocycles. The molecule has 10 nitrogen and oxygen atoms in total. The topological polar surface area (TPSA) is 124 Å². The van der Waals surface area contributed by atoms with E-state index in [2.05, 4.69) is 0 Å². The fourth-order valence-corrected chi connectivity index (χ4v) is 3.89. The van der Waals surface area contributed by atoms with Crippen molar-refractivity contribution in [1.29, 1.82) is 0 Å². The highest BCUT2D eigenvalue weighted by Gasteiger charge is 2.52. The lowest BCUT2D eigenvalue weighted by Crippen LogP contribution is -2.48. The summed E-state index contributed by atoms with van der Waals surface area (Å²) in [5.74, 6) is -2.01. The highest BCUT2D eigenvalue weighted by molar-refractivity contribution is 7.86. The number of ether oxygens (including phenoxy) is 4. The summed E-state index contributed by atoms with van der Waals surface area (Å²) in [5, 5.41) is 0. The summed E-state index contributed by atoms with van der Waals surface area (Å²) in [5.41, 5.74) is 0. The van der Waals surface area contributed by atoms with Gasteiger partial charge in [-0.15, -0.1) is 0 Å². The first-order valence-corrected chi connectivity index (χ1v) is 11.6. The Labute approximate surface area is 154 Å². The van der Waals surface area contributed by atoms with Gasteiger partial charge in [0.2, 0.25) is 0 Å². The van der Waals surface area contributed by atoms with Gasteiger partial charge in [-0.1, -0.05) is 0 Å². The van der Waals surface area contributed by atoms with E-state index in [0.29, 0.717) is 0 Å². The zero-order chi connectivity index (χ0) is 20.0. The molecule has 0 aliphatic carbocycles. The minimum absolute atomic E-state index is 0.0765. The van der Waals surface area contributed by atoms with Crippen LogP contribution in [0.3, 0.4) is 0 Å². The van der Waals surface area contributed by atoms with Crippen molar-refractivity contribution in [3.05, 3.63) is 0 Å². The van der Waals surface area contributed by atoms with Crippen molar-refractivity contribution in [1.82, 2.24) is 0 Å². The maximum absolute atomic E-state index is 11.8. The third-order valence-corrected chi connectivity index (χ3v) is 4.81. The molecule has 2 fully saturated rings. The molecule has 2 saturated heterocycles. The van der Waals surface area contributed by atoms with Crippen molar-refractivity contribution in [2.24, 2.45) is 0 Å². The Kier molecular flexibility index (Phi) is 6.12. The smallest absolute Gasteiger partial charge is 0.264 e. The van der Waals surface area contributed by atoms with Gasteiger partial charge in [0, 0.05) is 0 Å². The lowest BCUT2D eigenvalue weighted by Gasteiger charge is -2.29. The highest BCUT2D eigenvalue weighted by Crippen LogP contribution is 2.36. The van der Waals surface area contributed by atoms with Crippen LogP contribution in [-0.4, -0.2) is 78.6 Å². The van der Waals surface area contributed by atoms with Crippen LogP contribution in [0, 0.1) is 0 Å². The molecule has 154 valence electrons. The first-order valence-electron chi connectivity index (χ1n) is 7.97. The van der Waals surface area contributed by atoms with Crippen LogP contribution in [0.15, 0.2) is 0 Å². The number of rotatable bonds is 7. The zero-order valence-corrected chi connectivity index (χ0v) is 17.3. The van der Waals surface area contributed by atoms with E-state index in [4.69, 9.17) is 27.3 Å². The van der Waals surface area contributed by atoms with Gasteiger partial charge in [0.1, 0.15) is 24.4 Å². The van der Waals surface area contributed by atoms with E-state index >= 15 is 0 Å². The van der Waals surface area contributed by atoms with E-state index in [9.17, 15) is 16.8 Å². The van der Waals surface area contributed by atoms with E-state index in [1.54, 1.807) is 27.7 Å². The third-order valence-electron chi connectivity index (χ3n) is 3.67. The number of hydrogen-bond acceptors (Lipinski definition) is 10. The van der Waals surface area contributed by atoms with Crippen molar-refractivity contribution in [3.8, 4) is 0 Å². The second-order valence-corrected chi connectivity index (χ2v) is 10.5. The van der Waals surface area contributed by atoms with Gasteiger partial charge in [-0.3, -0.25) is 8.37 Å². The molecular weight excluding hydrogens is 392 g/mol. The molecular formula is C14H26O10S2. The molecule has 0 bridgehead atoms. The Morgan fingerprint density at radius 2 is 1.58 bits per heavy atom. The van der Waals surface area contributed by atoms with Crippen LogP contribution >= 0.6 is 0 Å². The molecule has 0 N–H and O–H groups in total. The Bertz CT molecular complexity index is 712. The normalized spacial score (nSPS) is 32.6. The van der Waals surface area contributed by atoms with Crippen molar-refractivity contribution < 1.29 is 44.1 Å². The largest absolute Gasteiger partial charge is 0.348 e. The molecule has 0 amide bonds. The van der Waals surface area contributed by atoms with E-state index in [-0.39, 0.29) is 13.2 Å². The summed E-state index contributed by atoms with van der Waals surface area (Å²) < 4.78 is 78.8. The van der Waals surface area contributed by atoms with Crippen LogP contribution in [-0.2, 0) is 47.5 Å². The van der Waals surface area contributed by atoms with Gasteiger partial charge in [0.05, 0.1) is 25.7 Å². The van der Waals surface area contributed by atoms with Crippen molar-refractivity contribution in [3.63, 3.8) is 0 Å². The Hall–Kier alpha value is -0.340. The van der Waals surface area contributed by atoms with E-state index in [1.807, 2.05) is 0 Å². The molecule has 2 aliphatic rings. The van der Waals surface area contributed by atoms with Gasteiger partial charge < -0.3 is 18.9 Å². The molecule has 0 aromatic rings. The minimum atomic E-state index is -3.87. The van der Waals surface area contributed by atoms with Crippen molar-refractivity contribution in [2.45, 2.75) is 63.7 Å². The third kappa shape index (κ3) is 6.37. The van der Waals surface area contributed by atoms with Crippen LogP contribution in [0.1, 0.15) is 27.7 Å². The standard InChI is InChI=1S/C14H26O10S2/c1-13(2)19-7-9(21-13)12(24-26(6,17)18)11-10(8-20-25(5,15)16)22-14(3,4)23-11/h9-12H,7-8H2,1-6H3/t9-,10-,11-,12-/m0/s1. The molecule has 0 aromatic heterocycles. The molecule has 4 atom stereocenters. The number of hydrogen-bond donors (Lipinski definition) is 0. The summed E-state index contributed by atoms with van der Waals surface area (Å²) in [6.45, 7) is 6.33. The van der Waals surface area contributed by atoms with Crippen LogP contribution in [0.4, 0.5) is 0 Å². The first-order chi connectivity index (χ1) is 11.6. The first kappa shape index (κ1) is 22.0. The van der Waals surface area contributed by atoms with Gasteiger partial charge >= 0.3 is 0 Å². The zero-order valence-electron chi connectivity index (χ0n) is 15.6. The molecule has 2 aliphatic heterocycles. The molecule has 0 unspecified atom stereocenters. The fourth-order valence-electron chi connectivity index (χ4n) is 2.87. The van der Waals surface area contributed by atoms with Crippen LogP contribution in [0.2, 0.25) is 0 Å². The average Bonchev–Trinajstić information content (AvgIpc) is 2.91. The van der Waals surface area contributed by atoms with Crippen molar-refractivity contribution in [2.75, 3.05) is 25.7 Å². The van der Waals surface area contributed by atoms with Crippen LogP contribution in [0.5, 0.6) is 0 Å². The lowest BCUT2D eigenvalue weighted by molar-refractivity contribution is -0.174. The molecule has 0 radical (unpaired) electrons. The summed E-state index contributed by atoms with van der Waals surface area (Å²) in [4.78, 5) is 0. The summed E-state index contributed by atoms with van der Waals surface area (Å²) in [7, 11) is -7.59. The minimum Gasteiger partial charge on any atom is -0.348 e.